The van der Waals surface area contributed by atoms with Gasteiger partial charge in [0.2, 0.25) is 0 Å². The van der Waals surface area contributed by atoms with Gasteiger partial charge in [0, 0.05) is 11.6 Å². The van der Waals surface area contributed by atoms with E-state index in [1.54, 1.807) is 24.3 Å². The fraction of sp³-hybridized carbons (Fsp3) is 0.208. The molecule has 2 aromatic heterocycles. The fourth-order valence-electron chi connectivity index (χ4n) is 4.16. The molecule has 0 spiro atoms. The minimum atomic E-state index is -0.470. The van der Waals surface area contributed by atoms with Crippen LogP contribution >= 0.6 is 0 Å². The number of aromatic nitrogens is 4. The van der Waals surface area contributed by atoms with Crippen LogP contribution in [0, 0.1) is 5.82 Å². The summed E-state index contributed by atoms with van der Waals surface area (Å²) in [6.07, 6.45) is 5.75. The van der Waals surface area contributed by atoms with Gasteiger partial charge in [0.05, 0.1) is 17.7 Å². The minimum absolute atomic E-state index is 0.0769. The highest BCUT2D eigenvalue weighted by molar-refractivity contribution is 5.98. The minimum Gasteiger partial charge on any atom is -0.516 e. The van der Waals surface area contributed by atoms with E-state index in [0.717, 1.165) is 31.3 Å². The third kappa shape index (κ3) is 3.64. The molecule has 0 amide bonds. The number of nitrogens with zero attached hydrogens (tertiary/aromatic N) is 4. The number of nitrogens with two attached hydrogens (primary N) is 1. The Bertz CT molecular complexity index is 1290. The number of allylic oxidation sites excluding steroid dienone is 1. The second-order valence-corrected chi connectivity index (χ2v) is 7.83. The first-order valence-corrected chi connectivity index (χ1v) is 10.5. The molecule has 162 valence electrons. The molecule has 4 aromatic rings. The number of halogens is 1. The van der Waals surface area contributed by atoms with E-state index in [9.17, 15) is 5.11 Å². The summed E-state index contributed by atoms with van der Waals surface area (Å²) in [5.74, 6) is 0.802. The van der Waals surface area contributed by atoms with Crippen molar-refractivity contribution in [2.75, 3.05) is 5.73 Å². The van der Waals surface area contributed by atoms with Crippen LogP contribution in [0.5, 0.6) is 11.5 Å². The van der Waals surface area contributed by atoms with Crippen molar-refractivity contribution in [3.05, 3.63) is 72.5 Å². The number of hydrogen-bond donors (Lipinski definition) is 2. The standard InChI is InChI=1S/C24H22FN5O2/c25-20-12-18(32-17-4-2-1-3-5-17)10-11-19(20)22-21-23(26)27-14-28-24(21)30(29-22)16-8-6-15(13-31)7-9-16/h1-5,10-14,16,31H,6-9H2,(H2,26,27,28). The molecule has 7 nitrogen and oxygen atoms in total. The van der Waals surface area contributed by atoms with Crippen LogP contribution in [0.3, 0.4) is 0 Å². The van der Waals surface area contributed by atoms with Gasteiger partial charge in [-0.15, -0.1) is 0 Å². The predicted molar refractivity (Wildman–Crippen MR) is 120 cm³/mol. The number of aliphatic hydroxyl groups excluding tert-OH is 1. The van der Waals surface area contributed by atoms with Crippen LogP contribution in [-0.4, -0.2) is 24.9 Å². The van der Waals surface area contributed by atoms with Gasteiger partial charge in [0.15, 0.2) is 5.65 Å². The van der Waals surface area contributed by atoms with Crippen LogP contribution < -0.4 is 10.5 Å². The molecule has 0 unspecified atom stereocenters. The highest BCUT2D eigenvalue weighted by atomic mass is 19.1. The van der Waals surface area contributed by atoms with Gasteiger partial charge >= 0.3 is 0 Å². The van der Waals surface area contributed by atoms with Crippen molar-refractivity contribution in [3.63, 3.8) is 0 Å². The molecule has 3 N–H and O–H groups in total. The quantitative estimate of drug-likeness (QED) is 0.410. The van der Waals surface area contributed by atoms with Crippen LogP contribution in [0.15, 0.2) is 66.7 Å². The van der Waals surface area contributed by atoms with Crippen LogP contribution in [0.2, 0.25) is 0 Å². The summed E-state index contributed by atoms with van der Waals surface area (Å²) in [6.45, 7) is 0. The zero-order valence-electron chi connectivity index (χ0n) is 17.3. The summed E-state index contributed by atoms with van der Waals surface area (Å²) in [7, 11) is 0. The van der Waals surface area contributed by atoms with Gasteiger partial charge < -0.3 is 15.6 Å². The lowest BCUT2D eigenvalue weighted by atomic mass is 9.92. The van der Waals surface area contributed by atoms with E-state index < -0.39 is 5.82 Å². The number of para-hydroxylation sites is 1. The molecule has 1 saturated carbocycles. The molecule has 32 heavy (non-hydrogen) atoms. The van der Waals surface area contributed by atoms with Gasteiger partial charge in [-0.2, -0.15) is 5.10 Å². The number of anilines is 1. The molecular formula is C24H22FN5O2. The van der Waals surface area contributed by atoms with Gasteiger partial charge in [-0.05, 0) is 55.5 Å². The Morgan fingerprint density at radius 3 is 2.56 bits per heavy atom. The Labute approximate surface area is 184 Å². The lowest BCUT2D eigenvalue weighted by Crippen LogP contribution is -2.16. The van der Waals surface area contributed by atoms with Crippen LogP contribution in [0.4, 0.5) is 10.2 Å². The average Bonchev–Trinajstić information content (AvgIpc) is 3.21. The second kappa shape index (κ2) is 8.30. The van der Waals surface area contributed by atoms with Crippen molar-refractivity contribution >= 4 is 16.9 Å². The number of aliphatic hydroxyl groups is 1. The summed E-state index contributed by atoms with van der Waals surface area (Å²) in [4.78, 5) is 8.51. The molecule has 2 heterocycles. The highest BCUT2D eigenvalue weighted by Crippen LogP contribution is 2.38. The van der Waals surface area contributed by atoms with E-state index in [-0.39, 0.29) is 11.9 Å². The first-order valence-electron chi connectivity index (χ1n) is 10.5. The molecule has 1 aliphatic carbocycles. The molecule has 0 saturated heterocycles. The number of nitrogen functional groups attached to an aromatic ring is 1. The maximum Gasteiger partial charge on any atom is 0.164 e. The summed E-state index contributed by atoms with van der Waals surface area (Å²) >= 11 is 0. The first kappa shape index (κ1) is 20.0. The Morgan fingerprint density at radius 2 is 1.84 bits per heavy atom. The summed E-state index contributed by atoms with van der Waals surface area (Å²) < 4.78 is 22.8. The smallest absolute Gasteiger partial charge is 0.164 e. The van der Waals surface area contributed by atoms with Crippen LogP contribution in [-0.2, 0) is 0 Å². The molecule has 0 atom stereocenters. The topological polar surface area (TPSA) is 99.1 Å². The molecular weight excluding hydrogens is 409 g/mol. The SMILES string of the molecule is Nc1ncnc2c1c(-c1ccc(Oc3ccccc3)cc1F)nn2C1CCC(=CO)CC1. The summed E-state index contributed by atoms with van der Waals surface area (Å²) in [5.41, 5.74) is 8.49. The van der Waals surface area contributed by atoms with E-state index in [4.69, 9.17) is 15.6 Å². The van der Waals surface area contributed by atoms with Crippen molar-refractivity contribution in [1.82, 2.24) is 19.7 Å². The molecule has 8 heteroatoms. The second-order valence-electron chi connectivity index (χ2n) is 7.83. The highest BCUT2D eigenvalue weighted by Gasteiger charge is 2.26. The fourth-order valence-corrected chi connectivity index (χ4v) is 4.16. The average molecular weight is 431 g/mol. The molecule has 1 fully saturated rings. The Kier molecular flexibility index (Phi) is 5.18. The largest absolute Gasteiger partial charge is 0.516 e. The number of fused-ring (bicyclic) bond motifs is 1. The Balaban J connectivity index is 1.54. The molecule has 2 aromatic carbocycles. The number of ether oxygens (including phenoxy) is 1. The molecule has 1 aliphatic rings. The third-order valence-electron chi connectivity index (χ3n) is 5.82. The monoisotopic (exact) mass is 431 g/mol. The van der Waals surface area contributed by atoms with Crippen molar-refractivity contribution < 1.29 is 14.2 Å². The van der Waals surface area contributed by atoms with Gasteiger partial charge in [-0.25, -0.2) is 19.0 Å². The van der Waals surface area contributed by atoms with Crippen LogP contribution in [0.1, 0.15) is 31.7 Å². The summed E-state index contributed by atoms with van der Waals surface area (Å²) in [5, 5.41) is 14.6. The van der Waals surface area contributed by atoms with Crippen molar-refractivity contribution in [2.24, 2.45) is 0 Å². The van der Waals surface area contributed by atoms with Gasteiger partial charge in [0.1, 0.15) is 35.2 Å². The third-order valence-corrected chi connectivity index (χ3v) is 5.82. The van der Waals surface area contributed by atoms with Crippen molar-refractivity contribution in [3.8, 4) is 22.8 Å². The number of benzene rings is 2. The number of hydrogen-bond acceptors (Lipinski definition) is 6. The van der Waals surface area contributed by atoms with Gasteiger partial charge in [-0.3, -0.25) is 0 Å². The van der Waals surface area contributed by atoms with Crippen LogP contribution in [0.25, 0.3) is 22.3 Å². The maximum absolute atomic E-state index is 15.2. The van der Waals surface area contributed by atoms with Gasteiger partial charge in [-0.1, -0.05) is 18.2 Å². The zero-order chi connectivity index (χ0) is 22.1. The lowest BCUT2D eigenvalue weighted by Gasteiger charge is -2.23. The summed E-state index contributed by atoms with van der Waals surface area (Å²) in [6, 6.07) is 14.0. The van der Waals surface area contributed by atoms with E-state index in [0.29, 0.717) is 33.8 Å². The molecule has 0 bridgehead atoms. The molecule has 0 aliphatic heterocycles. The predicted octanol–water partition coefficient (Wildman–Crippen LogP) is 5.56. The molecule has 0 radical (unpaired) electrons. The normalized spacial score (nSPS) is 16.3. The molecule has 5 rings (SSSR count). The van der Waals surface area contributed by atoms with E-state index in [1.807, 2.05) is 22.9 Å². The van der Waals surface area contributed by atoms with Gasteiger partial charge in [0.25, 0.3) is 0 Å². The van der Waals surface area contributed by atoms with Crippen molar-refractivity contribution in [1.29, 1.82) is 0 Å². The lowest BCUT2D eigenvalue weighted by molar-refractivity contribution is 0.364. The van der Waals surface area contributed by atoms with E-state index >= 15 is 4.39 Å². The van der Waals surface area contributed by atoms with E-state index in [1.165, 1.54) is 18.7 Å². The zero-order valence-corrected chi connectivity index (χ0v) is 17.3. The van der Waals surface area contributed by atoms with E-state index in [2.05, 4.69) is 9.97 Å². The maximum atomic E-state index is 15.2. The number of rotatable bonds is 4. The Hall–Kier alpha value is -3.94. The Morgan fingerprint density at radius 1 is 1.06 bits per heavy atom. The van der Waals surface area contributed by atoms with Crippen molar-refractivity contribution in [2.45, 2.75) is 31.7 Å². The first-order chi connectivity index (χ1) is 15.6.